The molecule has 3 aromatic carbocycles. The number of methoxy groups -OCH3 is 1. The minimum Gasteiger partial charge on any atom is -0.493 e. The Hall–Kier alpha value is -4.06. The van der Waals surface area contributed by atoms with Crippen LogP contribution in [-0.2, 0) is 0 Å². The Morgan fingerprint density at radius 1 is 0.903 bits per heavy atom. The lowest BCUT2D eigenvalue weighted by Gasteiger charge is -2.12. The van der Waals surface area contributed by atoms with Gasteiger partial charge in [0.25, 0.3) is 0 Å². The maximum atomic E-state index is 13.0. The quantitative estimate of drug-likeness (QED) is 0.319. The Labute approximate surface area is 178 Å². The molecule has 6 nitrogen and oxygen atoms in total. The van der Waals surface area contributed by atoms with Crippen molar-refractivity contribution in [2.45, 2.75) is 13.8 Å². The molecule has 0 bridgehead atoms. The van der Waals surface area contributed by atoms with Crippen molar-refractivity contribution in [1.82, 2.24) is 0 Å². The van der Waals surface area contributed by atoms with Gasteiger partial charge in [-0.1, -0.05) is 29.8 Å². The van der Waals surface area contributed by atoms with E-state index in [9.17, 15) is 9.59 Å². The first kappa shape index (κ1) is 20.2. The first-order chi connectivity index (χ1) is 15.0. The van der Waals surface area contributed by atoms with E-state index in [2.05, 4.69) is 0 Å². The molecular weight excluding hydrogens is 396 g/mol. The number of para-hydroxylation sites is 2. The van der Waals surface area contributed by atoms with Crippen LogP contribution in [0.1, 0.15) is 21.7 Å². The number of fused-ring (bicyclic) bond motifs is 1. The monoisotopic (exact) mass is 416 g/mol. The first-order valence-electron chi connectivity index (χ1n) is 9.63. The molecule has 0 aliphatic carbocycles. The van der Waals surface area contributed by atoms with Gasteiger partial charge >= 0.3 is 5.97 Å². The van der Waals surface area contributed by atoms with Crippen LogP contribution in [0.4, 0.5) is 0 Å². The van der Waals surface area contributed by atoms with Gasteiger partial charge in [-0.3, -0.25) is 4.79 Å². The second-order valence-corrected chi connectivity index (χ2v) is 6.98. The highest BCUT2D eigenvalue weighted by Gasteiger charge is 2.17. The van der Waals surface area contributed by atoms with Gasteiger partial charge in [0, 0.05) is 6.07 Å². The molecule has 0 radical (unpaired) electrons. The van der Waals surface area contributed by atoms with Gasteiger partial charge in [0.15, 0.2) is 11.5 Å². The molecular formula is C25H20O6. The molecule has 0 atom stereocenters. The van der Waals surface area contributed by atoms with Crippen molar-refractivity contribution in [3.05, 3.63) is 93.8 Å². The molecule has 0 amide bonds. The number of rotatable bonds is 5. The van der Waals surface area contributed by atoms with E-state index in [1.807, 2.05) is 19.1 Å². The summed E-state index contributed by atoms with van der Waals surface area (Å²) in [6, 6.07) is 18.7. The van der Waals surface area contributed by atoms with Crippen molar-refractivity contribution in [3.63, 3.8) is 0 Å². The summed E-state index contributed by atoms with van der Waals surface area (Å²) in [5, 5.41) is 0.311. The molecule has 31 heavy (non-hydrogen) atoms. The molecule has 6 heteroatoms. The summed E-state index contributed by atoms with van der Waals surface area (Å²) in [6.07, 6.45) is 0. The Balaban J connectivity index is 1.65. The molecule has 156 valence electrons. The van der Waals surface area contributed by atoms with Crippen molar-refractivity contribution < 1.29 is 23.4 Å². The third-order valence-corrected chi connectivity index (χ3v) is 4.77. The van der Waals surface area contributed by atoms with Crippen molar-refractivity contribution in [2.75, 3.05) is 7.11 Å². The van der Waals surface area contributed by atoms with E-state index in [0.29, 0.717) is 33.8 Å². The number of carbonyl (C=O) groups excluding carboxylic acids is 1. The third kappa shape index (κ3) is 4.14. The number of esters is 1. The Morgan fingerprint density at radius 2 is 1.61 bits per heavy atom. The van der Waals surface area contributed by atoms with Gasteiger partial charge in [-0.2, -0.15) is 0 Å². The molecule has 0 unspecified atom stereocenters. The molecule has 0 saturated heterocycles. The lowest BCUT2D eigenvalue weighted by atomic mass is 10.1. The zero-order valence-electron chi connectivity index (χ0n) is 17.3. The average molecular weight is 416 g/mol. The van der Waals surface area contributed by atoms with Gasteiger partial charge in [-0.05, 0) is 50.2 Å². The normalized spacial score (nSPS) is 10.7. The highest BCUT2D eigenvalue weighted by molar-refractivity contribution is 5.91. The van der Waals surface area contributed by atoms with Gasteiger partial charge in [0.1, 0.15) is 17.1 Å². The van der Waals surface area contributed by atoms with Crippen LogP contribution in [0, 0.1) is 13.8 Å². The second-order valence-electron chi connectivity index (χ2n) is 6.98. The van der Waals surface area contributed by atoms with Crippen molar-refractivity contribution in [3.8, 4) is 23.0 Å². The number of hydrogen-bond donors (Lipinski definition) is 0. The van der Waals surface area contributed by atoms with Crippen LogP contribution in [0.2, 0.25) is 0 Å². The predicted octanol–water partition coefficient (Wildman–Crippen LogP) is 5.43. The molecule has 0 saturated carbocycles. The minimum absolute atomic E-state index is 0.0707. The van der Waals surface area contributed by atoms with E-state index in [1.54, 1.807) is 55.5 Å². The van der Waals surface area contributed by atoms with E-state index in [0.717, 1.165) is 5.56 Å². The zero-order chi connectivity index (χ0) is 22.0. The molecule has 4 aromatic rings. The lowest BCUT2D eigenvalue weighted by molar-refractivity contribution is 0.0735. The summed E-state index contributed by atoms with van der Waals surface area (Å²) in [7, 11) is 1.53. The summed E-state index contributed by atoms with van der Waals surface area (Å²) in [4.78, 5) is 25.4. The van der Waals surface area contributed by atoms with Gasteiger partial charge < -0.3 is 18.6 Å². The minimum atomic E-state index is -0.491. The van der Waals surface area contributed by atoms with Gasteiger partial charge in [-0.15, -0.1) is 0 Å². The topological polar surface area (TPSA) is 75.0 Å². The zero-order valence-corrected chi connectivity index (χ0v) is 17.3. The SMILES string of the molecule is COc1ccccc1Oc1c(C)oc2cc(OC(=O)c3ccc(C)cc3)ccc2c1=O. The predicted molar refractivity (Wildman–Crippen MR) is 116 cm³/mol. The molecule has 0 spiro atoms. The second kappa shape index (κ2) is 8.36. The molecule has 1 heterocycles. The largest absolute Gasteiger partial charge is 0.493 e. The van der Waals surface area contributed by atoms with Crippen LogP contribution in [0.15, 0.2) is 75.9 Å². The lowest BCUT2D eigenvalue weighted by Crippen LogP contribution is -2.10. The molecule has 1 aromatic heterocycles. The fraction of sp³-hybridized carbons (Fsp3) is 0.120. The van der Waals surface area contributed by atoms with Crippen LogP contribution < -0.4 is 19.6 Å². The van der Waals surface area contributed by atoms with Gasteiger partial charge in [0.2, 0.25) is 11.2 Å². The average Bonchev–Trinajstić information content (AvgIpc) is 2.77. The molecule has 0 aliphatic rings. The summed E-state index contributed by atoms with van der Waals surface area (Å²) in [5.74, 6) is 1.06. The van der Waals surface area contributed by atoms with E-state index < -0.39 is 5.97 Å². The van der Waals surface area contributed by atoms with E-state index in [4.69, 9.17) is 18.6 Å². The number of benzene rings is 3. The Kier molecular flexibility index (Phi) is 5.45. The van der Waals surface area contributed by atoms with E-state index in [1.165, 1.54) is 13.2 Å². The van der Waals surface area contributed by atoms with Crippen LogP contribution in [0.3, 0.4) is 0 Å². The summed E-state index contributed by atoms with van der Waals surface area (Å²) >= 11 is 0. The van der Waals surface area contributed by atoms with Crippen molar-refractivity contribution >= 4 is 16.9 Å². The van der Waals surface area contributed by atoms with E-state index in [-0.39, 0.29) is 16.9 Å². The summed E-state index contributed by atoms with van der Waals surface area (Å²) < 4.78 is 22.3. The standard InChI is InChI=1S/C25H20O6/c1-15-8-10-17(11-9-15)25(27)30-18-12-13-19-22(14-18)29-16(2)24(23(19)26)31-21-7-5-4-6-20(21)28-3/h4-14H,1-3H3. The van der Waals surface area contributed by atoms with E-state index >= 15 is 0 Å². The van der Waals surface area contributed by atoms with Crippen molar-refractivity contribution in [2.24, 2.45) is 0 Å². The van der Waals surface area contributed by atoms with Gasteiger partial charge in [0.05, 0.1) is 18.1 Å². The summed E-state index contributed by atoms with van der Waals surface area (Å²) in [5.41, 5.74) is 1.44. The Bertz CT molecular complexity index is 1320. The highest BCUT2D eigenvalue weighted by atomic mass is 16.5. The maximum Gasteiger partial charge on any atom is 0.343 e. The number of aryl methyl sites for hydroxylation is 2. The molecule has 0 N–H and O–H groups in total. The maximum absolute atomic E-state index is 13.0. The van der Waals surface area contributed by atoms with Crippen LogP contribution in [0.25, 0.3) is 11.0 Å². The van der Waals surface area contributed by atoms with Crippen LogP contribution in [-0.4, -0.2) is 13.1 Å². The van der Waals surface area contributed by atoms with Crippen LogP contribution >= 0.6 is 0 Å². The van der Waals surface area contributed by atoms with Crippen LogP contribution in [0.5, 0.6) is 23.0 Å². The number of hydrogen-bond acceptors (Lipinski definition) is 6. The number of ether oxygens (including phenoxy) is 3. The van der Waals surface area contributed by atoms with Gasteiger partial charge in [-0.25, -0.2) is 4.79 Å². The fourth-order valence-corrected chi connectivity index (χ4v) is 3.12. The smallest absolute Gasteiger partial charge is 0.343 e. The summed E-state index contributed by atoms with van der Waals surface area (Å²) in [6.45, 7) is 3.57. The molecule has 0 fully saturated rings. The first-order valence-corrected chi connectivity index (χ1v) is 9.63. The fourth-order valence-electron chi connectivity index (χ4n) is 3.12. The Morgan fingerprint density at radius 3 is 2.32 bits per heavy atom. The third-order valence-electron chi connectivity index (χ3n) is 4.77. The molecule has 4 rings (SSSR count). The highest BCUT2D eigenvalue weighted by Crippen LogP contribution is 2.32. The van der Waals surface area contributed by atoms with Crippen molar-refractivity contribution in [1.29, 1.82) is 0 Å². The molecule has 0 aliphatic heterocycles. The number of carbonyl (C=O) groups is 1.